The molecule has 90 valence electrons. The quantitative estimate of drug-likeness (QED) is 0.806. The molecule has 0 aliphatic heterocycles. The lowest BCUT2D eigenvalue weighted by molar-refractivity contribution is 0.128. The smallest absolute Gasteiger partial charge is 0.161 e. The van der Waals surface area contributed by atoms with Crippen LogP contribution < -0.4 is 9.47 Å². The van der Waals surface area contributed by atoms with E-state index in [0.29, 0.717) is 12.5 Å². The van der Waals surface area contributed by atoms with Crippen LogP contribution in [0.15, 0.2) is 24.3 Å². The molecule has 3 heteroatoms. The molecule has 0 heterocycles. The topological polar surface area (TPSA) is 38.7 Å². The van der Waals surface area contributed by atoms with E-state index in [4.69, 9.17) is 9.47 Å². The third-order valence-corrected chi connectivity index (χ3v) is 2.70. The molecule has 1 atom stereocenters. The third-order valence-electron chi connectivity index (χ3n) is 2.70. The zero-order valence-electron chi connectivity index (χ0n) is 10.1. The molecule has 0 saturated heterocycles. The number of rotatable bonds is 6. The molecule has 1 rings (SSSR count). The fourth-order valence-electron chi connectivity index (χ4n) is 1.39. The summed E-state index contributed by atoms with van der Waals surface area (Å²) < 4.78 is 10.8. The van der Waals surface area contributed by atoms with Gasteiger partial charge in [-0.05, 0) is 18.1 Å². The average Bonchev–Trinajstić information content (AvgIpc) is 2.30. The van der Waals surface area contributed by atoms with E-state index in [2.05, 4.69) is 13.8 Å². The summed E-state index contributed by atoms with van der Waals surface area (Å²) in [6, 6.07) is 7.53. The van der Waals surface area contributed by atoms with Gasteiger partial charge in [0.2, 0.25) is 0 Å². The van der Waals surface area contributed by atoms with Crippen LogP contribution in [0.4, 0.5) is 0 Å². The molecule has 3 nitrogen and oxygen atoms in total. The van der Waals surface area contributed by atoms with E-state index in [1.54, 1.807) is 7.11 Å². The number of methoxy groups -OCH3 is 1. The van der Waals surface area contributed by atoms with Crippen molar-refractivity contribution in [3.05, 3.63) is 24.3 Å². The van der Waals surface area contributed by atoms with Crippen molar-refractivity contribution in [2.45, 2.75) is 13.8 Å². The lowest BCUT2D eigenvalue weighted by Crippen LogP contribution is -2.21. The molecular formula is C13H20O3. The first-order valence-electron chi connectivity index (χ1n) is 5.55. The van der Waals surface area contributed by atoms with E-state index in [0.717, 1.165) is 11.5 Å². The molecule has 0 saturated carbocycles. The van der Waals surface area contributed by atoms with Crippen molar-refractivity contribution in [3.63, 3.8) is 0 Å². The number of aliphatic hydroxyl groups excluding tert-OH is 1. The summed E-state index contributed by atoms with van der Waals surface area (Å²) in [6.45, 7) is 4.81. The average molecular weight is 224 g/mol. The summed E-state index contributed by atoms with van der Waals surface area (Å²) in [5.41, 5.74) is 0. The Balaban J connectivity index is 2.59. The Morgan fingerprint density at radius 1 is 1.19 bits per heavy atom. The van der Waals surface area contributed by atoms with Gasteiger partial charge in [0.25, 0.3) is 0 Å². The maximum atomic E-state index is 9.19. The molecule has 0 amide bonds. The molecular weight excluding hydrogens is 204 g/mol. The van der Waals surface area contributed by atoms with Crippen LogP contribution in [-0.2, 0) is 0 Å². The van der Waals surface area contributed by atoms with E-state index in [-0.39, 0.29) is 12.5 Å². The first-order valence-corrected chi connectivity index (χ1v) is 5.55. The summed E-state index contributed by atoms with van der Waals surface area (Å²) in [5.74, 6) is 2.01. The van der Waals surface area contributed by atoms with Crippen molar-refractivity contribution in [2.24, 2.45) is 11.8 Å². The molecule has 1 unspecified atom stereocenters. The van der Waals surface area contributed by atoms with Crippen molar-refractivity contribution in [2.75, 3.05) is 20.3 Å². The van der Waals surface area contributed by atoms with Crippen molar-refractivity contribution in [3.8, 4) is 11.5 Å². The maximum absolute atomic E-state index is 9.19. The monoisotopic (exact) mass is 224 g/mol. The largest absolute Gasteiger partial charge is 0.493 e. The molecule has 0 aliphatic carbocycles. The zero-order chi connectivity index (χ0) is 12.0. The van der Waals surface area contributed by atoms with Gasteiger partial charge in [-0.15, -0.1) is 0 Å². The molecule has 1 aromatic rings. The van der Waals surface area contributed by atoms with Gasteiger partial charge in [-0.25, -0.2) is 0 Å². The van der Waals surface area contributed by atoms with E-state index in [9.17, 15) is 5.11 Å². The summed E-state index contributed by atoms with van der Waals surface area (Å²) in [5, 5.41) is 9.19. The Morgan fingerprint density at radius 3 is 2.31 bits per heavy atom. The Bertz CT molecular complexity index is 310. The normalized spacial score (nSPS) is 12.6. The number of hydrogen-bond acceptors (Lipinski definition) is 3. The van der Waals surface area contributed by atoms with Crippen molar-refractivity contribution in [1.82, 2.24) is 0 Å². The van der Waals surface area contributed by atoms with Gasteiger partial charge in [0.15, 0.2) is 11.5 Å². The minimum absolute atomic E-state index is 0.146. The number of hydrogen-bond donors (Lipinski definition) is 1. The summed E-state index contributed by atoms with van der Waals surface area (Å²) in [6.07, 6.45) is 0. The van der Waals surface area contributed by atoms with Crippen molar-refractivity contribution >= 4 is 0 Å². The van der Waals surface area contributed by atoms with E-state index in [1.165, 1.54) is 0 Å². The van der Waals surface area contributed by atoms with E-state index in [1.807, 2.05) is 24.3 Å². The minimum Gasteiger partial charge on any atom is -0.493 e. The SMILES string of the molecule is COc1ccccc1OCC(CO)C(C)C. The van der Waals surface area contributed by atoms with Crippen molar-refractivity contribution < 1.29 is 14.6 Å². The molecule has 0 radical (unpaired) electrons. The van der Waals surface area contributed by atoms with Crippen LogP contribution in [0.3, 0.4) is 0 Å². The predicted octanol–water partition coefficient (Wildman–Crippen LogP) is 2.34. The number of para-hydroxylation sites is 2. The van der Waals surface area contributed by atoms with Crippen molar-refractivity contribution in [1.29, 1.82) is 0 Å². The van der Waals surface area contributed by atoms with Gasteiger partial charge in [-0.2, -0.15) is 0 Å². The first-order chi connectivity index (χ1) is 7.69. The second kappa shape index (κ2) is 6.38. The molecule has 0 aliphatic rings. The third kappa shape index (κ3) is 3.42. The summed E-state index contributed by atoms with van der Waals surface area (Å²) >= 11 is 0. The highest BCUT2D eigenvalue weighted by Crippen LogP contribution is 2.26. The highest BCUT2D eigenvalue weighted by molar-refractivity contribution is 5.39. The Kier molecular flexibility index (Phi) is 5.12. The van der Waals surface area contributed by atoms with E-state index < -0.39 is 0 Å². The highest BCUT2D eigenvalue weighted by atomic mass is 16.5. The summed E-state index contributed by atoms with van der Waals surface area (Å²) in [7, 11) is 1.62. The van der Waals surface area contributed by atoms with Crippen LogP contribution in [0.1, 0.15) is 13.8 Å². The Labute approximate surface area is 97.0 Å². The predicted molar refractivity (Wildman–Crippen MR) is 63.9 cm³/mol. The maximum Gasteiger partial charge on any atom is 0.161 e. The first kappa shape index (κ1) is 12.8. The minimum atomic E-state index is 0.146. The van der Waals surface area contributed by atoms with Crippen LogP contribution in [0, 0.1) is 11.8 Å². The second-order valence-electron chi connectivity index (χ2n) is 4.15. The number of aliphatic hydroxyl groups is 1. The van der Waals surface area contributed by atoms with Crippen LogP contribution in [0.2, 0.25) is 0 Å². The van der Waals surface area contributed by atoms with Crippen LogP contribution >= 0.6 is 0 Å². The highest BCUT2D eigenvalue weighted by Gasteiger charge is 2.14. The molecule has 0 fully saturated rings. The lowest BCUT2D eigenvalue weighted by Gasteiger charge is -2.19. The fraction of sp³-hybridized carbons (Fsp3) is 0.538. The zero-order valence-corrected chi connectivity index (χ0v) is 10.1. The fourth-order valence-corrected chi connectivity index (χ4v) is 1.39. The molecule has 16 heavy (non-hydrogen) atoms. The Morgan fingerprint density at radius 2 is 1.81 bits per heavy atom. The number of ether oxygens (including phenoxy) is 2. The van der Waals surface area contributed by atoms with Crippen LogP contribution in [0.5, 0.6) is 11.5 Å². The lowest BCUT2D eigenvalue weighted by atomic mass is 9.98. The van der Waals surface area contributed by atoms with Gasteiger partial charge < -0.3 is 14.6 Å². The molecule has 1 N–H and O–H groups in total. The van der Waals surface area contributed by atoms with Gasteiger partial charge in [0.1, 0.15) is 0 Å². The van der Waals surface area contributed by atoms with Gasteiger partial charge in [-0.1, -0.05) is 26.0 Å². The standard InChI is InChI=1S/C13H20O3/c1-10(2)11(8-14)9-16-13-7-5-4-6-12(13)15-3/h4-7,10-11,14H,8-9H2,1-3H3. The molecule has 0 bridgehead atoms. The molecule has 1 aromatic carbocycles. The van der Waals surface area contributed by atoms with Gasteiger partial charge in [0.05, 0.1) is 13.7 Å². The van der Waals surface area contributed by atoms with Gasteiger partial charge >= 0.3 is 0 Å². The Hall–Kier alpha value is -1.22. The van der Waals surface area contributed by atoms with E-state index >= 15 is 0 Å². The summed E-state index contributed by atoms with van der Waals surface area (Å²) in [4.78, 5) is 0. The number of benzene rings is 1. The van der Waals surface area contributed by atoms with Crippen LogP contribution in [0.25, 0.3) is 0 Å². The van der Waals surface area contributed by atoms with Crippen LogP contribution in [-0.4, -0.2) is 25.4 Å². The van der Waals surface area contributed by atoms with Gasteiger partial charge in [0, 0.05) is 12.5 Å². The van der Waals surface area contributed by atoms with Gasteiger partial charge in [-0.3, -0.25) is 0 Å². The second-order valence-corrected chi connectivity index (χ2v) is 4.15. The molecule has 0 spiro atoms. The molecule has 0 aromatic heterocycles.